The molecule has 3 aromatic heterocycles. The van der Waals surface area contributed by atoms with Gasteiger partial charge in [0.1, 0.15) is 16.6 Å². The predicted molar refractivity (Wildman–Crippen MR) is 116 cm³/mol. The molecule has 1 N–H and O–H groups in total. The Labute approximate surface area is 180 Å². The molecule has 0 radical (unpaired) electrons. The average molecular weight is 429 g/mol. The van der Waals surface area contributed by atoms with Crippen molar-refractivity contribution in [3.63, 3.8) is 0 Å². The van der Waals surface area contributed by atoms with Crippen molar-refractivity contribution in [2.75, 3.05) is 18.4 Å². The van der Waals surface area contributed by atoms with Crippen molar-refractivity contribution < 1.29 is 9.53 Å². The minimum Gasteiger partial charge on any atom is -0.444 e. The Hall–Kier alpha value is -2.87. The quantitative estimate of drug-likeness (QED) is 0.627. The monoisotopic (exact) mass is 428 g/mol. The molecule has 158 valence electrons. The van der Waals surface area contributed by atoms with Crippen LogP contribution >= 0.6 is 11.6 Å². The van der Waals surface area contributed by atoms with Crippen LogP contribution in [0, 0.1) is 0 Å². The van der Waals surface area contributed by atoms with Gasteiger partial charge in [0.15, 0.2) is 5.82 Å². The summed E-state index contributed by atoms with van der Waals surface area (Å²) in [5.41, 5.74) is 1.20. The zero-order valence-corrected chi connectivity index (χ0v) is 18.1. The van der Waals surface area contributed by atoms with Gasteiger partial charge in [-0.15, -0.1) is 0 Å². The number of nitrogens with one attached hydrogen (secondary N) is 1. The topological polar surface area (TPSA) is 84.6 Å². The minimum atomic E-state index is -0.513. The first-order chi connectivity index (χ1) is 14.3. The highest BCUT2D eigenvalue weighted by molar-refractivity contribution is 6.29. The van der Waals surface area contributed by atoms with E-state index in [1.54, 1.807) is 21.7 Å². The van der Waals surface area contributed by atoms with Crippen molar-refractivity contribution in [3.8, 4) is 11.4 Å². The van der Waals surface area contributed by atoms with Crippen LogP contribution < -0.4 is 5.32 Å². The number of halogens is 1. The largest absolute Gasteiger partial charge is 0.444 e. The number of carbonyl (C=O) groups excluding carboxylic acids is 1. The first-order valence-electron chi connectivity index (χ1n) is 10.0. The molecule has 0 aliphatic carbocycles. The number of hydrogen-bond acceptors (Lipinski definition) is 6. The van der Waals surface area contributed by atoms with E-state index in [2.05, 4.69) is 20.4 Å². The number of likely N-dealkylation sites (tertiary alicyclic amines) is 1. The van der Waals surface area contributed by atoms with Gasteiger partial charge >= 0.3 is 6.09 Å². The first-order valence-corrected chi connectivity index (χ1v) is 10.4. The molecular formula is C21H25ClN6O2. The third kappa shape index (κ3) is 4.64. The third-order valence-corrected chi connectivity index (χ3v) is 4.98. The molecule has 0 saturated carbocycles. The zero-order chi connectivity index (χ0) is 21.3. The lowest BCUT2D eigenvalue weighted by Crippen LogP contribution is -2.47. The number of piperidine rings is 1. The molecule has 0 spiro atoms. The van der Waals surface area contributed by atoms with Crippen LogP contribution in [0.1, 0.15) is 33.6 Å². The van der Waals surface area contributed by atoms with E-state index in [4.69, 9.17) is 16.3 Å². The molecule has 3 aromatic rings. The zero-order valence-electron chi connectivity index (χ0n) is 17.3. The van der Waals surface area contributed by atoms with Gasteiger partial charge < -0.3 is 15.0 Å². The van der Waals surface area contributed by atoms with Crippen molar-refractivity contribution in [2.45, 2.75) is 45.3 Å². The normalized spacial score (nSPS) is 17.2. The SMILES string of the molecule is CC(C)(C)OC(=O)N1CCC[C@@H](Nc2cc(Cl)nc(-c3cnn4ccccc34)n2)C1. The fourth-order valence-electron chi connectivity index (χ4n) is 3.52. The molecule has 4 heterocycles. The number of rotatable bonds is 3. The maximum atomic E-state index is 12.4. The van der Waals surface area contributed by atoms with Gasteiger partial charge in [-0.2, -0.15) is 5.10 Å². The summed E-state index contributed by atoms with van der Waals surface area (Å²) in [6.07, 6.45) is 5.12. The maximum absolute atomic E-state index is 12.4. The van der Waals surface area contributed by atoms with Crippen molar-refractivity contribution in [3.05, 3.63) is 41.8 Å². The Balaban J connectivity index is 1.52. The number of pyridine rings is 1. The van der Waals surface area contributed by atoms with E-state index in [9.17, 15) is 4.79 Å². The maximum Gasteiger partial charge on any atom is 0.410 e. The van der Waals surface area contributed by atoms with Crippen molar-refractivity contribution in [1.82, 2.24) is 24.5 Å². The number of nitrogens with zero attached hydrogens (tertiary/aromatic N) is 5. The van der Waals surface area contributed by atoms with Crippen LogP contribution in [0.2, 0.25) is 5.15 Å². The first kappa shape index (κ1) is 20.4. The summed E-state index contributed by atoms with van der Waals surface area (Å²) in [4.78, 5) is 23.2. The number of fused-ring (bicyclic) bond motifs is 1. The Bertz CT molecular complexity index is 1060. The van der Waals surface area contributed by atoms with Gasteiger partial charge in [-0.05, 0) is 45.7 Å². The van der Waals surface area contributed by atoms with Gasteiger partial charge in [0.05, 0.1) is 17.3 Å². The third-order valence-electron chi connectivity index (χ3n) is 4.79. The number of amides is 1. The molecule has 1 saturated heterocycles. The highest BCUT2D eigenvalue weighted by Gasteiger charge is 2.28. The van der Waals surface area contributed by atoms with E-state index in [0.717, 1.165) is 23.9 Å². The van der Waals surface area contributed by atoms with E-state index < -0.39 is 5.60 Å². The molecule has 4 rings (SSSR count). The summed E-state index contributed by atoms with van der Waals surface area (Å²) in [7, 11) is 0. The van der Waals surface area contributed by atoms with Gasteiger partial charge in [0, 0.05) is 31.4 Å². The Kier molecular flexibility index (Phi) is 5.51. The van der Waals surface area contributed by atoms with Gasteiger partial charge in [-0.25, -0.2) is 19.3 Å². The fraction of sp³-hybridized carbons (Fsp3) is 0.429. The van der Waals surface area contributed by atoms with Crippen molar-refractivity contribution in [1.29, 1.82) is 0 Å². The van der Waals surface area contributed by atoms with Gasteiger partial charge in [-0.1, -0.05) is 17.7 Å². The van der Waals surface area contributed by atoms with E-state index in [1.807, 2.05) is 45.2 Å². The second kappa shape index (κ2) is 8.10. The number of hydrogen-bond donors (Lipinski definition) is 1. The highest BCUT2D eigenvalue weighted by Crippen LogP contribution is 2.25. The van der Waals surface area contributed by atoms with Crippen LogP contribution in [0.3, 0.4) is 0 Å². The van der Waals surface area contributed by atoms with Crippen LogP contribution in [-0.4, -0.2) is 55.3 Å². The summed E-state index contributed by atoms with van der Waals surface area (Å²) >= 11 is 6.28. The lowest BCUT2D eigenvalue weighted by atomic mass is 10.1. The fourth-order valence-corrected chi connectivity index (χ4v) is 3.70. The van der Waals surface area contributed by atoms with Gasteiger partial charge in [0.2, 0.25) is 0 Å². The number of anilines is 1. The van der Waals surface area contributed by atoms with Crippen LogP contribution in [0.5, 0.6) is 0 Å². The average Bonchev–Trinajstić information content (AvgIpc) is 3.10. The summed E-state index contributed by atoms with van der Waals surface area (Å²) in [5, 5.41) is 8.10. The molecule has 1 amide bonds. The van der Waals surface area contributed by atoms with E-state index in [-0.39, 0.29) is 12.1 Å². The molecule has 0 aromatic carbocycles. The lowest BCUT2D eigenvalue weighted by Gasteiger charge is -2.34. The number of carbonyl (C=O) groups is 1. The molecule has 1 fully saturated rings. The summed E-state index contributed by atoms with van der Waals surface area (Å²) in [6.45, 7) is 6.84. The Morgan fingerprint density at radius 2 is 2.13 bits per heavy atom. The second-order valence-corrected chi connectivity index (χ2v) is 8.79. The molecule has 9 heteroatoms. The van der Waals surface area contributed by atoms with Crippen LogP contribution in [0.4, 0.5) is 10.6 Å². The summed E-state index contributed by atoms with van der Waals surface area (Å²) in [6, 6.07) is 7.56. The van der Waals surface area contributed by atoms with E-state index in [0.29, 0.717) is 29.9 Å². The summed E-state index contributed by atoms with van der Waals surface area (Å²) < 4.78 is 7.28. The molecule has 1 atom stereocenters. The van der Waals surface area contributed by atoms with Crippen LogP contribution in [0.15, 0.2) is 36.7 Å². The molecule has 0 unspecified atom stereocenters. The molecule has 0 bridgehead atoms. The minimum absolute atomic E-state index is 0.0500. The molecule has 1 aliphatic rings. The number of aromatic nitrogens is 4. The van der Waals surface area contributed by atoms with Crippen LogP contribution in [-0.2, 0) is 4.74 Å². The van der Waals surface area contributed by atoms with Gasteiger partial charge in [0.25, 0.3) is 0 Å². The molecule has 8 nitrogen and oxygen atoms in total. The van der Waals surface area contributed by atoms with E-state index >= 15 is 0 Å². The Morgan fingerprint density at radius 3 is 2.93 bits per heavy atom. The predicted octanol–water partition coefficient (Wildman–Crippen LogP) is 4.26. The van der Waals surface area contributed by atoms with Gasteiger partial charge in [-0.3, -0.25) is 0 Å². The second-order valence-electron chi connectivity index (χ2n) is 8.40. The highest BCUT2D eigenvalue weighted by atomic mass is 35.5. The molecular weight excluding hydrogens is 404 g/mol. The molecule has 30 heavy (non-hydrogen) atoms. The smallest absolute Gasteiger partial charge is 0.410 e. The molecule has 1 aliphatic heterocycles. The van der Waals surface area contributed by atoms with E-state index in [1.165, 1.54) is 0 Å². The summed E-state index contributed by atoms with van der Waals surface area (Å²) in [5.74, 6) is 1.13. The van der Waals surface area contributed by atoms with Crippen LogP contribution in [0.25, 0.3) is 16.9 Å². The number of ether oxygens (including phenoxy) is 1. The Morgan fingerprint density at radius 1 is 1.30 bits per heavy atom. The lowest BCUT2D eigenvalue weighted by molar-refractivity contribution is 0.0206. The standard InChI is InChI=1S/C21H25ClN6O2/c1-21(2,3)30-20(29)27-9-6-7-14(13-27)24-18-11-17(22)25-19(26-18)15-12-23-28-10-5-4-8-16(15)28/h4-5,8,10-12,14H,6-7,9,13H2,1-3H3,(H,24,25,26)/t14-/m1/s1. The van der Waals surface area contributed by atoms with Crippen molar-refractivity contribution in [2.24, 2.45) is 0 Å². The van der Waals surface area contributed by atoms with Crippen molar-refractivity contribution >= 4 is 29.0 Å².